The molecule has 0 amide bonds. The fourth-order valence-corrected chi connectivity index (χ4v) is 2.73. The summed E-state index contributed by atoms with van der Waals surface area (Å²) in [6, 6.07) is 8.34. The lowest BCUT2D eigenvalue weighted by molar-refractivity contribution is 0.798. The van der Waals surface area contributed by atoms with Crippen molar-refractivity contribution >= 4 is 23.4 Å². The first-order valence-corrected chi connectivity index (χ1v) is 7.04. The number of imidazole rings is 1. The fourth-order valence-electron chi connectivity index (χ4n) is 2.41. The first-order valence-electron chi connectivity index (χ1n) is 6.59. The van der Waals surface area contributed by atoms with Crippen LogP contribution < -0.4 is 0 Å². The molecule has 20 heavy (non-hydrogen) atoms. The van der Waals surface area contributed by atoms with E-state index in [1.54, 1.807) is 6.20 Å². The van der Waals surface area contributed by atoms with Gasteiger partial charge in [-0.25, -0.2) is 4.98 Å². The van der Waals surface area contributed by atoms with Gasteiger partial charge in [-0.05, 0) is 24.6 Å². The molecule has 1 aliphatic rings. The highest BCUT2D eigenvalue weighted by Gasteiger charge is 2.18. The molecule has 0 bridgehead atoms. The molecule has 0 aliphatic carbocycles. The molecule has 0 saturated carbocycles. The van der Waals surface area contributed by atoms with Crippen LogP contribution in [0.5, 0.6) is 0 Å². The van der Waals surface area contributed by atoms with Crippen molar-refractivity contribution in [1.82, 2.24) is 9.55 Å². The first-order chi connectivity index (χ1) is 9.65. The van der Waals surface area contributed by atoms with Crippen LogP contribution in [0.15, 0.2) is 46.9 Å². The lowest BCUT2D eigenvalue weighted by Gasteiger charge is -2.17. The summed E-state index contributed by atoms with van der Waals surface area (Å²) in [5.74, 6) is 1.33. The summed E-state index contributed by atoms with van der Waals surface area (Å²) in [6.07, 6.45) is 4.62. The molecule has 102 valence electrons. The second-order valence-corrected chi connectivity index (χ2v) is 5.51. The molecule has 1 atom stereocenters. The van der Waals surface area contributed by atoms with E-state index in [0.717, 1.165) is 34.3 Å². The van der Waals surface area contributed by atoms with Crippen molar-refractivity contribution in [3.05, 3.63) is 48.0 Å². The molecule has 5 heteroatoms. The Morgan fingerprint density at radius 2 is 1.95 bits per heavy atom. The zero-order valence-electron chi connectivity index (χ0n) is 11.5. The Kier molecular flexibility index (Phi) is 3.44. The van der Waals surface area contributed by atoms with Gasteiger partial charge in [0.1, 0.15) is 5.82 Å². The number of aromatic nitrogens is 2. The van der Waals surface area contributed by atoms with Gasteiger partial charge in [0.25, 0.3) is 0 Å². The van der Waals surface area contributed by atoms with Crippen molar-refractivity contribution in [2.45, 2.75) is 20.3 Å². The van der Waals surface area contributed by atoms with Gasteiger partial charge in [0.15, 0.2) is 0 Å². The Labute approximate surface area is 123 Å². The molecular formula is C15H16N4S. The van der Waals surface area contributed by atoms with Gasteiger partial charge in [-0.3, -0.25) is 0 Å². The average molecular weight is 284 g/mol. The summed E-state index contributed by atoms with van der Waals surface area (Å²) < 4.78 is 2.06. The van der Waals surface area contributed by atoms with Crippen LogP contribution in [0.25, 0.3) is 5.69 Å². The van der Waals surface area contributed by atoms with Crippen LogP contribution in [0.4, 0.5) is 0 Å². The summed E-state index contributed by atoms with van der Waals surface area (Å²) in [4.78, 5) is 4.24. The number of nitrogens with zero attached hydrogens (tertiary/aromatic N) is 4. The van der Waals surface area contributed by atoms with Crippen LogP contribution in [-0.4, -0.2) is 20.3 Å². The summed E-state index contributed by atoms with van der Waals surface area (Å²) >= 11 is 4.27. The van der Waals surface area contributed by atoms with E-state index in [0.29, 0.717) is 5.92 Å². The Balaban J connectivity index is 1.93. The van der Waals surface area contributed by atoms with Gasteiger partial charge in [0, 0.05) is 30.4 Å². The Morgan fingerprint density at radius 1 is 1.20 bits per heavy atom. The molecule has 0 spiro atoms. The molecule has 0 radical (unpaired) electrons. The molecule has 2 aromatic rings. The van der Waals surface area contributed by atoms with E-state index < -0.39 is 0 Å². The van der Waals surface area contributed by atoms with Crippen molar-refractivity contribution in [2.75, 3.05) is 0 Å². The third-order valence-corrected chi connectivity index (χ3v) is 3.77. The maximum absolute atomic E-state index is 4.28. The van der Waals surface area contributed by atoms with E-state index in [9.17, 15) is 0 Å². The summed E-state index contributed by atoms with van der Waals surface area (Å²) in [6.45, 7) is 4.14. The molecule has 0 saturated heterocycles. The summed E-state index contributed by atoms with van der Waals surface area (Å²) in [7, 11) is 0. The molecular weight excluding hydrogens is 268 g/mol. The van der Waals surface area contributed by atoms with Crippen LogP contribution in [0.3, 0.4) is 0 Å². The zero-order chi connectivity index (χ0) is 14.1. The number of rotatable bonds is 2. The topological polar surface area (TPSA) is 42.5 Å². The number of thiol groups is 1. The minimum absolute atomic E-state index is 0.348. The fraction of sp³-hybridized carbons (Fsp3) is 0.267. The number of benzene rings is 1. The summed E-state index contributed by atoms with van der Waals surface area (Å²) in [5.41, 5.74) is 3.24. The highest BCUT2D eigenvalue weighted by atomic mass is 32.1. The Bertz CT molecular complexity index is 682. The van der Waals surface area contributed by atoms with Gasteiger partial charge in [0.2, 0.25) is 0 Å². The Hall–Kier alpha value is -1.88. The van der Waals surface area contributed by atoms with E-state index in [1.807, 2.05) is 13.1 Å². The lowest BCUT2D eigenvalue weighted by atomic mass is 9.95. The zero-order valence-corrected chi connectivity index (χ0v) is 12.4. The standard InChI is InChI=1S/C15H16N4S/c1-10-9-14(20)17-18-15(10)12-3-5-13(6-4-12)19-8-7-16-11(19)2/h3-8,10H,9H2,1-2H3,(H,17,20). The van der Waals surface area contributed by atoms with E-state index in [4.69, 9.17) is 0 Å². The van der Waals surface area contributed by atoms with E-state index >= 15 is 0 Å². The largest absolute Gasteiger partial charge is 0.304 e. The third kappa shape index (κ3) is 2.41. The minimum atomic E-state index is 0.348. The number of hydrogen-bond acceptors (Lipinski definition) is 3. The SMILES string of the molecule is Cc1nccn1-c1ccc(C2=NN=C(S)CC2C)cc1. The monoisotopic (exact) mass is 284 g/mol. The molecule has 4 nitrogen and oxygen atoms in total. The van der Waals surface area contributed by atoms with Crippen molar-refractivity contribution in [3.63, 3.8) is 0 Å². The maximum atomic E-state index is 4.28. The van der Waals surface area contributed by atoms with Gasteiger partial charge in [-0.1, -0.05) is 19.1 Å². The molecule has 0 fully saturated rings. The van der Waals surface area contributed by atoms with Crippen molar-refractivity contribution in [1.29, 1.82) is 0 Å². The van der Waals surface area contributed by atoms with E-state index in [1.165, 1.54) is 0 Å². The van der Waals surface area contributed by atoms with Crippen LogP contribution in [0.1, 0.15) is 24.7 Å². The van der Waals surface area contributed by atoms with Gasteiger partial charge in [-0.15, -0.1) is 17.7 Å². The van der Waals surface area contributed by atoms with Crippen LogP contribution >= 0.6 is 12.6 Å². The predicted molar refractivity (Wildman–Crippen MR) is 85.0 cm³/mol. The van der Waals surface area contributed by atoms with Crippen molar-refractivity contribution in [2.24, 2.45) is 16.1 Å². The van der Waals surface area contributed by atoms with Crippen LogP contribution in [0.2, 0.25) is 0 Å². The van der Waals surface area contributed by atoms with Crippen molar-refractivity contribution < 1.29 is 0 Å². The highest BCUT2D eigenvalue weighted by Crippen LogP contribution is 2.21. The molecule has 2 heterocycles. The minimum Gasteiger partial charge on any atom is -0.304 e. The van der Waals surface area contributed by atoms with Gasteiger partial charge < -0.3 is 4.57 Å². The highest BCUT2D eigenvalue weighted by molar-refractivity contribution is 7.97. The second-order valence-electron chi connectivity index (χ2n) is 5.00. The average Bonchev–Trinajstić information content (AvgIpc) is 2.85. The second kappa shape index (κ2) is 5.25. The lowest BCUT2D eigenvalue weighted by Crippen LogP contribution is -2.18. The smallest absolute Gasteiger partial charge is 0.110 e. The molecule has 1 unspecified atom stereocenters. The van der Waals surface area contributed by atoms with Crippen molar-refractivity contribution in [3.8, 4) is 5.69 Å². The number of aryl methyl sites for hydroxylation is 1. The molecule has 1 aromatic heterocycles. The molecule has 1 aliphatic heterocycles. The van der Waals surface area contributed by atoms with E-state index in [-0.39, 0.29) is 0 Å². The molecule has 3 rings (SSSR count). The van der Waals surface area contributed by atoms with Crippen LogP contribution in [0, 0.1) is 12.8 Å². The molecule has 1 aromatic carbocycles. The number of hydrogen-bond donors (Lipinski definition) is 1. The molecule has 0 N–H and O–H groups in total. The predicted octanol–water partition coefficient (Wildman–Crippen LogP) is 3.25. The van der Waals surface area contributed by atoms with E-state index in [2.05, 4.69) is 63.6 Å². The van der Waals surface area contributed by atoms with Gasteiger partial charge in [0.05, 0.1) is 10.8 Å². The quantitative estimate of drug-likeness (QED) is 0.845. The Morgan fingerprint density at radius 3 is 2.55 bits per heavy atom. The van der Waals surface area contributed by atoms with Gasteiger partial charge in [-0.2, -0.15) is 5.10 Å². The van der Waals surface area contributed by atoms with Crippen LogP contribution in [-0.2, 0) is 0 Å². The third-order valence-electron chi connectivity index (χ3n) is 3.50. The normalized spacial score (nSPS) is 18.6. The maximum Gasteiger partial charge on any atom is 0.110 e. The van der Waals surface area contributed by atoms with Gasteiger partial charge >= 0.3 is 0 Å². The summed E-state index contributed by atoms with van der Waals surface area (Å²) in [5, 5.41) is 9.16. The first kappa shape index (κ1) is 13.1.